The lowest BCUT2D eigenvalue weighted by Crippen LogP contribution is -2.39. The van der Waals surface area contributed by atoms with E-state index < -0.39 is 10.4 Å². The molecule has 0 bridgehead atoms. The van der Waals surface area contributed by atoms with Crippen molar-refractivity contribution in [2.45, 2.75) is 77.7 Å². The van der Waals surface area contributed by atoms with Crippen LogP contribution in [0.25, 0.3) is 0 Å². The summed E-state index contributed by atoms with van der Waals surface area (Å²) in [6, 6.07) is 10.9. The molecule has 1 N–H and O–H groups in total. The van der Waals surface area contributed by atoms with E-state index in [-0.39, 0.29) is 0 Å². The fourth-order valence-electron chi connectivity index (χ4n) is 3.18. The van der Waals surface area contributed by atoms with E-state index in [2.05, 4.69) is 51.4 Å². The molecule has 1 aromatic carbocycles. The highest BCUT2D eigenvalue weighted by molar-refractivity contribution is 7.79. The summed E-state index contributed by atoms with van der Waals surface area (Å²) < 4.78 is 33.9. The Kier molecular flexibility index (Phi) is 14.5. The van der Waals surface area contributed by atoms with Crippen LogP contribution in [0.1, 0.15) is 76.7 Å². The minimum Gasteiger partial charge on any atom is -0.726 e. The summed E-state index contributed by atoms with van der Waals surface area (Å²) in [5.41, 5.74) is 1.46. The highest BCUT2D eigenvalue weighted by Gasteiger charge is 2.14. The zero-order valence-corrected chi connectivity index (χ0v) is 18.2. The zero-order chi connectivity index (χ0) is 20.6. The number of hydrogen-bond acceptors (Lipinski definition) is 3. The molecule has 1 aromatic rings. The van der Waals surface area contributed by atoms with Crippen LogP contribution in [0.3, 0.4) is 0 Å². The fourth-order valence-corrected chi connectivity index (χ4v) is 3.18. The third-order valence-corrected chi connectivity index (χ3v) is 4.57. The van der Waals surface area contributed by atoms with Crippen molar-refractivity contribution in [3.05, 3.63) is 35.9 Å². The number of quaternary nitrogens is 1. The molecule has 0 aliphatic rings. The molecule has 0 aliphatic heterocycles. The molecule has 0 unspecified atom stereocenters. The first-order valence-electron chi connectivity index (χ1n) is 10.2. The zero-order valence-electron chi connectivity index (χ0n) is 17.4. The van der Waals surface area contributed by atoms with Crippen LogP contribution in [0.2, 0.25) is 0 Å². The van der Waals surface area contributed by atoms with E-state index >= 15 is 0 Å². The van der Waals surface area contributed by atoms with Crippen molar-refractivity contribution in [2.24, 2.45) is 0 Å². The van der Waals surface area contributed by atoms with Crippen LogP contribution in [0.4, 0.5) is 0 Å². The van der Waals surface area contributed by atoms with Crippen LogP contribution in [-0.2, 0) is 16.9 Å². The first-order valence-corrected chi connectivity index (χ1v) is 11.5. The molecule has 0 radical (unpaired) electrons. The van der Waals surface area contributed by atoms with E-state index in [1.165, 1.54) is 76.3 Å². The summed E-state index contributed by atoms with van der Waals surface area (Å²) >= 11 is 0. The first-order chi connectivity index (χ1) is 12.6. The lowest BCUT2D eigenvalue weighted by atomic mass is 10.1. The van der Waals surface area contributed by atoms with E-state index in [0.717, 1.165) is 11.0 Å². The van der Waals surface area contributed by atoms with Crippen LogP contribution in [0, 0.1) is 0 Å². The van der Waals surface area contributed by atoms with Gasteiger partial charge in [0.2, 0.25) is 10.4 Å². The number of hydrogen-bond donors (Lipinski definition) is 1. The molecule has 0 heterocycles. The van der Waals surface area contributed by atoms with Gasteiger partial charge in [-0.3, -0.25) is 4.55 Å². The summed E-state index contributed by atoms with van der Waals surface area (Å²) in [5.74, 6) is 0. The van der Waals surface area contributed by atoms with Gasteiger partial charge in [0.05, 0.1) is 20.6 Å². The Bertz CT molecular complexity index is 551. The Labute approximate surface area is 167 Å². The Morgan fingerprint density at radius 2 is 1.26 bits per heavy atom. The maximum absolute atomic E-state index is 8.63. The second-order valence-corrected chi connectivity index (χ2v) is 8.77. The molecular formula is C21H39NO4S. The Morgan fingerprint density at radius 1 is 0.852 bits per heavy atom. The van der Waals surface area contributed by atoms with Gasteiger partial charge < -0.3 is 9.04 Å². The molecule has 0 spiro atoms. The van der Waals surface area contributed by atoms with Crippen molar-refractivity contribution in [1.82, 2.24) is 0 Å². The van der Waals surface area contributed by atoms with Gasteiger partial charge in [0.25, 0.3) is 0 Å². The topological polar surface area (TPSA) is 77.4 Å². The minimum atomic E-state index is -4.92. The van der Waals surface area contributed by atoms with Crippen molar-refractivity contribution in [3.63, 3.8) is 0 Å². The fraction of sp³-hybridized carbons (Fsp3) is 0.714. The lowest BCUT2D eigenvalue weighted by Gasteiger charge is -2.30. The molecule has 6 heteroatoms. The number of unbranched alkanes of at least 4 members (excludes halogenated alkanes) is 9. The van der Waals surface area contributed by atoms with Crippen molar-refractivity contribution in [1.29, 1.82) is 0 Å². The Balaban J connectivity index is 0.00000119. The number of nitrogens with zero attached hydrogens (tertiary/aromatic N) is 1. The van der Waals surface area contributed by atoms with Crippen LogP contribution < -0.4 is 0 Å². The number of rotatable bonds is 13. The van der Waals surface area contributed by atoms with E-state index in [1.807, 2.05) is 0 Å². The van der Waals surface area contributed by atoms with Gasteiger partial charge in [0, 0.05) is 5.56 Å². The van der Waals surface area contributed by atoms with E-state index in [0.29, 0.717) is 0 Å². The lowest BCUT2D eigenvalue weighted by molar-refractivity contribution is -0.903. The first kappa shape index (κ1) is 26.1. The van der Waals surface area contributed by atoms with E-state index in [1.54, 1.807) is 0 Å². The standard InChI is InChI=1S/C21H38N.H2O4S/c1-4-5-6-7-8-9-10-11-12-16-19-22(2,3)20-21-17-14-13-15-18-21;1-5(2,3)4/h13-15,17-18H,4-12,16,19-20H2,1-3H3;(H2,1,2,3,4)/q+1;/p-1. The summed E-state index contributed by atoms with van der Waals surface area (Å²) in [5, 5.41) is 0. The molecule has 0 saturated carbocycles. The predicted molar refractivity (Wildman–Crippen MR) is 111 cm³/mol. The molecule has 0 amide bonds. The molecule has 0 saturated heterocycles. The quantitative estimate of drug-likeness (QED) is 0.214. The van der Waals surface area contributed by atoms with Crippen molar-refractivity contribution < 1.29 is 22.0 Å². The summed E-state index contributed by atoms with van der Waals surface area (Å²) in [4.78, 5) is 0. The van der Waals surface area contributed by atoms with Crippen molar-refractivity contribution in [2.75, 3.05) is 20.6 Å². The summed E-state index contributed by atoms with van der Waals surface area (Å²) in [6.45, 7) is 4.74. The van der Waals surface area contributed by atoms with Gasteiger partial charge in [-0.05, 0) is 12.8 Å². The van der Waals surface area contributed by atoms with Gasteiger partial charge in [-0.1, -0.05) is 88.6 Å². The maximum atomic E-state index is 8.63. The highest BCUT2D eigenvalue weighted by Crippen LogP contribution is 2.13. The average molecular weight is 402 g/mol. The Morgan fingerprint density at radius 3 is 1.70 bits per heavy atom. The van der Waals surface area contributed by atoms with Gasteiger partial charge in [-0.2, -0.15) is 0 Å². The SMILES string of the molecule is CCCCCCCCCCCC[N+](C)(C)Cc1ccccc1.O=S(=O)([O-])O. The predicted octanol–water partition coefficient (Wildman–Crippen LogP) is 5.19. The summed E-state index contributed by atoms with van der Waals surface area (Å²) in [6.07, 6.45) is 14.2. The molecule has 1 rings (SSSR count). The maximum Gasteiger partial charge on any atom is 0.215 e. The molecule has 0 aromatic heterocycles. The normalized spacial score (nSPS) is 11.7. The third-order valence-electron chi connectivity index (χ3n) is 4.57. The van der Waals surface area contributed by atoms with Gasteiger partial charge in [0.15, 0.2) is 0 Å². The summed E-state index contributed by atoms with van der Waals surface area (Å²) in [7, 11) is -0.193. The molecule has 5 nitrogen and oxygen atoms in total. The third kappa shape index (κ3) is 21.2. The minimum absolute atomic E-state index is 1.11. The van der Waals surface area contributed by atoms with Crippen LogP contribution >= 0.6 is 0 Å². The van der Waals surface area contributed by atoms with Crippen molar-refractivity contribution in [3.8, 4) is 0 Å². The molecule has 158 valence electrons. The highest BCUT2D eigenvalue weighted by atomic mass is 32.3. The van der Waals surface area contributed by atoms with E-state index in [4.69, 9.17) is 17.5 Å². The average Bonchev–Trinajstić information content (AvgIpc) is 2.55. The van der Waals surface area contributed by atoms with Crippen LogP contribution in [-0.4, -0.2) is 42.6 Å². The van der Waals surface area contributed by atoms with E-state index in [9.17, 15) is 0 Å². The smallest absolute Gasteiger partial charge is 0.215 e. The van der Waals surface area contributed by atoms with Gasteiger partial charge in [-0.25, -0.2) is 8.42 Å². The largest absolute Gasteiger partial charge is 0.726 e. The molecule has 0 aliphatic carbocycles. The molecular weight excluding hydrogens is 362 g/mol. The second kappa shape index (κ2) is 15.0. The molecule has 0 fully saturated rings. The van der Waals surface area contributed by atoms with Gasteiger partial charge in [0.1, 0.15) is 6.54 Å². The monoisotopic (exact) mass is 401 g/mol. The van der Waals surface area contributed by atoms with Crippen LogP contribution in [0.5, 0.6) is 0 Å². The van der Waals surface area contributed by atoms with Crippen molar-refractivity contribution >= 4 is 10.4 Å². The van der Waals surface area contributed by atoms with Crippen LogP contribution in [0.15, 0.2) is 30.3 Å². The molecule has 27 heavy (non-hydrogen) atoms. The number of benzene rings is 1. The second-order valence-electron chi connectivity index (χ2n) is 7.91. The van der Waals surface area contributed by atoms with Gasteiger partial charge in [-0.15, -0.1) is 0 Å². The molecule has 0 atom stereocenters. The Hall–Kier alpha value is -0.950. The van der Waals surface area contributed by atoms with Gasteiger partial charge >= 0.3 is 0 Å².